The molecule has 0 N–H and O–H groups in total. The molecule has 2 rings (SSSR count). The maximum atomic E-state index is 2.46. The highest BCUT2D eigenvalue weighted by Gasteiger charge is 2.18. The monoisotopic (exact) mass is 281 g/mol. The third-order valence-electron chi connectivity index (χ3n) is 3.88. The van der Waals surface area contributed by atoms with E-state index in [2.05, 4.69) is 83.7 Å². The van der Waals surface area contributed by atoms with Gasteiger partial charge in [0.25, 0.3) is 0 Å². The number of rotatable bonds is 3. The van der Waals surface area contributed by atoms with Crippen LogP contribution in [0.2, 0.25) is 0 Å². The zero-order valence-electron chi connectivity index (χ0n) is 14.4. The minimum absolute atomic E-state index is 0.423. The molecule has 0 heterocycles. The molecular formula is C20H27N. The topological polar surface area (TPSA) is 3.24 Å². The fourth-order valence-corrected chi connectivity index (χ4v) is 3.33. The van der Waals surface area contributed by atoms with Gasteiger partial charge in [-0.15, -0.1) is 0 Å². The van der Waals surface area contributed by atoms with Crippen LogP contribution in [-0.2, 0) is 0 Å². The molecule has 0 aromatic heterocycles. The molecule has 0 atom stereocenters. The fraction of sp³-hybridized carbons (Fsp3) is 0.400. The Hall–Kier alpha value is -1.76. The van der Waals surface area contributed by atoms with Crippen LogP contribution < -0.4 is 4.90 Å². The molecule has 0 aliphatic rings. The highest BCUT2D eigenvalue weighted by atomic mass is 15.2. The summed E-state index contributed by atoms with van der Waals surface area (Å²) in [7, 11) is 0. The second kappa shape index (κ2) is 5.93. The number of benzene rings is 2. The maximum Gasteiger partial charge on any atom is 0.0472 e. The third kappa shape index (κ3) is 3.29. The molecule has 1 nitrogen and oxygen atoms in total. The summed E-state index contributed by atoms with van der Waals surface area (Å²) in [6.07, 6.45) is 0. The first kappa shape index (κ1) is 15.6. The summed E-state index contributed by atoms with van der Waals surface area (Å²) in [6, 6.07) is 11.8. The van der Waals surface area contributed by atoms with Gasteiger partial charge in [0.2, 0.25) is 0 Å². The standard InChI is InChI=1S/C20H27N/c1-13(2)21(19-11-14(3)8-15(4)12-19)20-17(6)9-16(5)10-18(20)7/h8-13H,1-7H3. The predicted octanol–water partition coefficient (Wildman–Crippen LogP) is 5.78. The molecule has 0 saturated heterocycles. The van der Waals surface area contributed by atoms with Crippen molar-refractivity contribution in [1.82, 2.24) is 0 Å². The lowest BCUT2D eigenvalue weighted by atomic mass is 10.0. The normalized spacial score (nSPS) is 11.0. The van der Waals surface area contributed by atoms with Gasteiger partial charge in [0.05, 0.1) is 0 Å². The van der Waals surface area contributed by atoms with Crippen LogP contribution in [0.1, 0.15) is 41.7 Å². The second-order valence-corrected chi connectivity index (χ2v) is 6.56. The van der Waals surface area contributed by atoms with Gasteiger partial charge in [0.15, 0.2) is 0 Å². The molecule has 0 aliphatic carbocycles. The smallest absolute Gasteiger partial charge is 0.0472 e. The lowest BCUT2D eigenvalue weighted by Crippen LogP contribution is -2.27. The largest absolute Gasteiger partial charge is 0.338 e. The Bertz CT molecular complexity index is 610. The number of hydrogen-bond donors (Lipinski definition) is 0. The molecule has 1 heteroatoms. The molecule has 2 aromatic rings. The summed E-state index contributed by atoms with van der Waals surface area (Å²) in [5.41, 5.74) is 9.30. The molecule has 2 aromatic carbocycles. The van der Waals surface area contributed by atoms with Crippen molar-refractivity contribution < 1.29 is 0 Å². The van der Waals surface area contributed by atoms with E-state index < -0.39 is 0 Å². The summed E-state index contributed by atoms with van der Waals surface area (Å²) in [4.78, 5) is 2.46. The van der Waals surface area contributed by atoms with E-state index in [1.807, 2.05) is 0 Å². The molecule has 0 amide bonds. The van der Waals surface area contributed by atoms with E-state index in [0.29, 0.717) is 6.04 Å². The number of aryl methyl sites for hydroxylation is 5. The van der Waals surface area contributed by atoms with E-state index >= 15 is 0 Å². The minimum atomic E-state index is 0.423. The first-order valence-corrected chi connectivity index (χ1v) is 7.75. The van der Waals surface area contributed by atoms with Gasteiger partial charge < -0.3 is 4.90 Å². The van der Waals surface area contributed by atoms with Gasteiger partial charge in [-0.05, 0) is 82.9 Å². The van der Waals surface area contributed by atoms with Crippen LogP contribution in [0.15, 0.2) is 30.3 Å². The molecule has 0 bridgehead atoms. The Morgan fingerprint density at radius 1 is 0.667 bits per heavy atom. The van der Waals surface area contributed by atoms with Gasteiger partial charge in [0.1, 0.15) is 0 Å². The van der Waals surface area contributed by atoms with Crippen molar-refractivity contribution in [3.8, 4) is 0 Å². The van der Waals surface area contributed by atoms with Crippen molar-refractivity contribution in [1.29, 1.82) is 0 Å². The van der Waals surface area contributed by atoms with E-state index in [1.54, 1.807) is 0 Å². The maximum absolute atomic E-state index is 2.46. The van der Waals surface area contributed by atoms with Crippen molar-refractivity contribution in [2.75, 3.05) is 4.90 Å². The molecule has 0 saturated carbocycles. The van der Waals surface area contributed by atoms with Gasteiger partial charge in [0, 0.05) is 17.4 Å². The van der Waals surface area contributed by atoms with Crippen LogP contribution >= 0.6 is 0 Å². The quantitative estimate of drug-likeness (QED) is 0.689. The average molecular weight is 281 g/mol. The summed E-state index contributed by atoms with van der Waals surface area (Å²) in [6.45, 7) is 15.5. The van der Waals surface area contributed by atoms with Crippen LogP contribution in [0, 0.1) is 34.6 Å². The Balaban J connectivity index is 2.65. The summed E-state index contributed by atoms with van der Waals surface area (Å²) < 4.78 is 0. The molecule has 112 valence electrons. The van der Waals surface area contributed by atoms with Crippen LogP contribution in [0.25, 0.3) is 0 Å². The molecule has 0 spiro atoms. The van der Waals surface area contributed by atoms with Gasteiger partial charge in [-0.25, -0.2) is 0 Å². The van der Waals surface area contributed by atoms with Crippen LogP contribution in [0.3, 0.4) is 0 Å². The number of nitrogens with zero attached hydrogens (tertiary/aromatic N) is 1. The molecular weight excluding hydrogens is 254 g/mol. The Kier molecular flexibility index (Phi) is 4.41. The van der Waals surface area contributed by atoms with Gasteiger partial charge in [-0.3, -0.25) is 0 Å². The van der Waals surface area contributed by atoms with Crippen molar-refractivity contribution in [2.24, 2.45) is 0 Å². The first-order chi connectivity index (χ1) is 9.79. The summed E-state index contributed by atoms with van der Waals surface area (Å²) >= 11 is 0. The predicted molar refractivity (Wildman–Crippen MR) is 93.8 cm³/mol. The van der Waals surface area contributed by atoms with E-state index in [-0.39, 0.29) is 0 Å². The zero-order chi connectivity index (χ0) is 15.7. The third-order valence-corrected chi connectivity index (χ3v) is 3.88. The Morgan fingerprint density at radius 3 is 1.52 bits per heavy atom. The molecule has 0 fully saturated rings. The number of anilines is 2. The molecule has 0 aliphatic heterocycles. The van der Waals surface area contributed by atoms with Gasteiger partial charge in [-0.1, -0.05) is 23.8 Å². The van der Waals surface area contributed by atoms with E-state index in [1.165, 1.54) is 39.2 Å². The van der Waals surface area contributed by atoms with Crippen LogP contribution in [0.4, 0.5) is 11.4 Å². The average Bonchev–Trinajstić information content (AvgIpc) is 2.31. The van der Waals surface area contributed by atoms with Crippen molar-refractivity contribution >= 4 is 11.4 Å². The van der Waals surface area contributed by atoms with Crippen LogP contribution in [0.5, 0.6) is 0 Å². The van der Waals surface area contributed by atoms with E-state index in [4.69, 9.17) is 0 Å². The Morgan fingerprint density at radius 2 is 1.10 bits per heavy atom. The Labute approximate surface area is 129 Å². The van der Waals surface area contributed by atoms with Crippen molar-refractivity contribution in [3.05, 3.63) is 58.1 Å². The lowest BCUT2D eigenvalue weighted by molar-refractivity contribution is 0.783. The molecule has 0 unspecified atom stereocenters. The summed E-state index contributed by atoms with van der Waals surface area (Å²) in [5.74, 6) is 0. The van der Waals surface area contributed by atoms with E-state index in [0.717, 1.165) is 0 Å². The number of hydrogen-bond acceptors (Lipinski definition) is 1. The molecule has 21 heavy (non-hydrogen) atoms. The second-order valence-electron chi connectivity index (χ2n) is 6.56. The highest BCUT2D eigenvalue weighted by Crippen LogP contribution is 2.35. The van der Waals surface area contributed by atoms with Crippen molar-refractivity contribution in [3.63, 3.8) is 0 Å². The minimum Gasteiger partial charge on any atom is -0.338 e. The van der Waals surface area contributed by atoms with Gasteiger partial charge in [-0.2, -0.15) is 0 Å². The highest BCUT2D eigenvalue weighted by molar-refractivity contribution is 5.71. The van der Waals surface area contributed by atoms with Gasteiger partial charge >= 0.3 is 0 Å². The molecule has 0 radical (unpaired) electrons. The first-order valence-electron chi connectivity index (χ1n) is 7.75. The fourth-order valence-electron chi connectivity index (χ4n) is 3.33. The lowest BCUT2D eigenvalue weighted by Gasteiger charge is -2.33. The SMILES string of the molecule is Cc1cc(C)cc(N(c2c(C)cc(C)cc2C)C(C)C)c1. The van der Waals surface area contributed by atoms with Crippen molar-refractivity contribution in [2.45, 2.75) is 54.5 Å². The zero-order valence-corrected chi connectivity index (χ0v) is 14.4. The van der Waals surface area contributed by atoms with E-state index in [9.17, 15) is 0 Å². The summed E-state index contributed by atoms with van der Waals surface area (Å²) in [5, 5.41) is 0. The van der Waals surface area contributed by atoms with Crippen LogP contribution in [-0.4, -0.2) is 6.04 Å².